The zero-order chi connectivity index (χ0) is 16.6. The minimum absolute atomic E-state index is 0.263. The number of nitrogens with zero attached hydrogens (tertiary/aromatic N) is 2. The highest BCUT2D eigenvalue weighted by molar-refractivity contribution is 7.90. The summed E-state index contributed by atoms with van der Waals surface area (Å²) in [6.07, 6.45) is -3.76. The number of nitrogens with two attached hydrogens (primary N) is 1. The number of aromatic nitrogens is 1. The Kier molecular flexibility index (Phi) is 4.27. The normalized spacial score (nSPS) is 12.0. The van der Waals surface area contributed by atoms with E-state index in [-0.39, 0.29) is 9.80 Å². The third-order valence-corrected chi connectivity index (χ3v) is 3.35. The lowest BCUT2D eigenvalue weighted by atomic mass is 10.3. The van der Waals surface area contributed by atoms with E-state index in [2.05, 4.69) is 4.98 Å². The van der Waals surface area contributed by atoms with E-state index in [1.54, 1.807) is 0 Å². The van der Waals surface area contributed by atoms with Gasteiger partial charge in [0.25, 0.3) is 0 Å². The maximum atomic E-state index is 12.4. The van der Waals surface area contributed by atoms with Gasteiger partial charge in [0.2, 0.25) is 5.91 Å². The number of halogens is 3. The molecule has 21 heavy (non-hydrogen) atoms. The van der Waals surface area contributed by atoms with Crippen LogP contribution in [0.5, 0.6) is 0 Å². The summed E-state index contributed by atoms with van der Waals surface area (Å²) in [5.74, 6) is -4.51. The summed E-state index contributed by atoms with van der Waals surface area (Å²) in [6.45, 7) is 0.717. The number of hydrogen-bond acceptors (Lipinski definition) is 6. The Morgan fingerprint density at radius 2 is 1.86 bits per heavy atom. The van der Waals surface area contributed by atoms with Gasteiger partial charge >= 0.3 is 12.1 Å². The molecule has 0 fully saturated rings. The van der Waals surface area contributed by atoms with Crippen molar-refractivity contribution < 1.29 is 31.2 Å². The van der Waals surface area contributed by atoms with Gasteiger partial charge < -0.3 is 5.73 Å². The average Bonchev–Trinajstić information content (AvgIpc) is 2.28. The van der Waals surface area contributed by atoms with Gasteiger partial charge in [-0.1, -0.05) is 0 Å². The highest BCUT2D eigenvalue weighted by Crippen LogP contribution is 2.28. The summed E-state index contributed by atoms with van der Waals surface area (Å²) in [5.41, 5.74) is 4.85. The van der Waals surface area contributed by atoms with Crippen LogP contribution >= 0.6 is 0 Å². The lowest BCUT2D eigenvalue weighted by Gasteiger charge is -2.20. The Morgan fingerprint density at radius 1 is 1.33 bits per heavy atom. The van der Waals surface area contributed by atoms with Crippen LogP contribution in [-0.4, -0.2) is 37.6 Å². The first-order valence-electron chi connectivity index (χ1n) is 5.23. The molecule has 0 aliphatic rings. The fraction of sp³-hybridized carbons (Fsp3) is 0.300. The highest BCUT2D eigenvalue weighted by Gasteiger charge is 2.45. The summed E-state index contributed by atoms with van der Waals surface area (Å²) in [7, 11) is -3.69. The van der Waals surface area contributed by atoms with Crippen molar-refractivity contribution in [3.8, 4) is 0 Å². The molecule has 116 valence electrons. The molecule has 1 aromatic heterocycles. The van der Waals surface area contributed by atoms with Crippen LogP contribution in [0.2, 0.25) is 0 Å². The second-order valence-corrected chi connectivity index (χ2v) is 6.03. The summed E-state index contributed by atoms with van der Waals surface area (Å²) in [6, 6.07) is 0.817. The second-order valence-electron chi connectivity index (χ2n) is 4.01. The van der Waals surface area contributed by atoms with Gasteiger partial charge in [-0.15, -0.1) is 0 Å². The van der Waals surface area contributed by atoms with Crippen molar-refractivity contribution in [2.24, 2.45) is 0 Å². The van der Waals surface area contributed by atoms with E-state index in [4.69, 9.17) is 5.73 Å². The lowest BCUT2D eigenvalue weighted by Crippen LogP contribution is -2.44. The van der Waals surface area contributed by atoms with Crippen molar-refractivity contribution >= 4 is 33.2 Å². The molecule has 1 heterocycles. The van der Waals surface area contributed by atoms with Crippen LogP contribution in [0.3, 0.4) is 0 Å². The van der Waals surface area contributed by atoms with Gasteiger partial charge in [0.15, 0.2) is 15.7 Å². The predicted octanol–water partition coefficient (Wildman–Crippen LogP) is 0.509. The quantitative estimate of drug-likeness (QED) is 0.848. The molecule has 0 saturated heterocycles. The van der Waals surface area contributed by atoms with E-state index >= 15 is 0 Å². The Morgan fingerprint density at radius 3 is 2.19 bits per heavy atom. The molecule has 1 rings (SSSR count). The SMILES string of the molecule is CC(=O)N(C(=O)C(F)(F)F)c1ncc(S(C)(=O)=O)cc1N. The van der Waals surface area contributed by atoms with E-state index in [9.17, 15) is 31.2 Å². The Balaban J connectivity index is 3.42. The van der Waals surface area contributed by atoms with E-state index in [0.29, 0.717) is 6.20 Å². The maximum Gasteiger partial charge on any atom is 0.472 e. The van der Waals surface area contributed by atoms with E-state index in [0.717, 1.165) is 19.2 Å². The molecule has 0 radical (unpaired) electrons. The first kappa shape index (κ1) is 16.9. The van der Waals surface area contributed by atoms with Crippen LogP contribution < -0.4 is 10.6 Å². The number of carbonyl (C=O) groups excluding carboxylic acids is 2. The number of anilines is 2. The average molecular weight is 325 g/mol. The number of alkyl halides is 3. The number of carbonyl (C=O) groups is 2. The molecule has 0 bridgehead atoms. The molecule has 0 atom stereocenters. The molecule has 2 amide bonds. The van der Waals surface area contributed by atoms with Crippen molar-refractivity contribution in [1.82, 2.24) is 4.98 Å². The largest absolute Gasteiger partial charge is 0.472 e. The number of imide groups is 1. The van der Waals surface area contributed by atoms with Gasteiger partial charge in [0.05, 0.1) is 10.6 Å². The van der Waals surface area contributed by atoms with Crippen molar-refractivity contribution in [3.63, 3.8) is 0 Å². The zero-order valence-corrected chi connectivity index (χ0v) is 11.6. The number of nitrogen functional groups attached to an aromatic ring is 1. The molecule has 0 spiro atoms. The van der Waals surface area contributed by atoms with Crippen LogP contribution in [-0.2, 0) is 19.4 Å². The third-order valence-electron chi connectivity index (χ3n) is 2.27. The molecule has 7 nitrogen and oxygen atoms in total. The van der Waals surface area contributed by atoms with Gasteiger partial charge in [-0.3, -0.25) is 9.59 Å². The van der Waals surface area contributed by atoms with Crippen LogP contribution in [0.1, 0.15) is 6.92 Å². The molecule has 2 N–H and O–H groups in total. The number of pyridine rings is 1. The number of amides is 2. The fourth-order valence-electron chi connectivity index (χ4n) is 1.36. The predicted molar refractivity (Wildman–Crippen MR) is 66.0 cm³/mol. The van der Waals surface area contributed by atoms with Gasteiger partial charge in [-0.05, 0) is 6.07 Å². The fourth-order valence-corrected chi connectivity index (χ4v) is 1.94. The monoisotopic (exact) mass is 325 g/mol. The van der Waals surface area contributed by atoms with Gasteiger partial charge in [0, 0.05) is 19.4 Å². The topological polar surface area (TPSA) is 110 Å². The second kappa shape index (κ2) is 5.31. The van der Waals surface area contributed by atoms with Crippen molar-refractivity contribution in [3.05, 3.63) is 12.3 Å². The first-order valence-corrected chi connectivity index (χ1v) is 7.12. The maximum absolute atomic E-state index is 12.4. The third kappa shape index (κ3) is 3.68. The lowest BCUT2D eigenvalue weighted by molar-refractivity contribution is -0.171. The Hall–Kier alpha value is -2.17. The summed E-state index contributed by atoms with van der Waals surface area (Å²) in [4.78, 5) is 25.2. The number of rotatable bonds is 2. The Bertz CT molecular complexity index is 700. The molecule has 0 unspecified atom stereocenters. The van der Waals surface area contributed by atoms with E-state index < -0.39 is 39.3 Å². The Labute approximate surface area is 117 Å². The summed E-state index contributed by atoms with van der Waals surface area (Å²) < 4.78 is 59.9. The van der Waals surface area contributed by atoms with Gasteiger partial charge in [0.1, 0.15) is 0 Å². The van der Waals surface area contributed by atoms with Crippen molar-refractivity contribution in [2.45, 2.75) is 18.0 Å². The molecule has 0 aromatic carbocycles. The minimum Gasteiger partial charge on any atom is -0.396 e. The number of hydrogen-bond donors (Lipinski definition) is 1. The molecular formula is C10H10F3N3O4S. The van der Waals surface area contributed by atoms with Gasteiger partial charge in [-0.25, -0.2) is 18.3 Å². The smallest absolute Gasteiger partial charge is 0.396 e. The van der Waals surface area contributed by atoms with Crippen molar-refractivity contribution in [1.29, 1.82) is 0 Å². The highest BCUT2D eigenvalue weighted by atomic mass is 32.2. The van der Waals surface area contributed by atoms with Crippen LogP contribution in [0.25, 0.3) is 0 Å². The van der Waals surface area contributed by atoms with Crippen LogP contribution in [0.4, 0.5) is 24.7 Å². The number of sulfone groups is 1. The van der Waals surface area contributed by atoms with E-state index in [1.165, 1.54) is 0 Å². The molecule has 11 heteroatoms. The molecule has 0 aliphatic carbocycles. The van der Waals surface area contributed by atoms with Crippen molar-refractivity contribution in [2.75, 3.05) is 16.9 Å². The van der Waals surface area contributed by atoms with Gasteiger partial charge in [-0.2, -0.15) is 13.2 Å². The van der Waals surface area contributed by atoms with Crippen LogP contribution in [0, 0.1) is 0 Å². The summed E-state index contributed by atoms with van der Waals surface area (Å²) >= 11 is 0. The first-order chi connectivity index (χ1) is 9.35. The molecule has 0 aliphatic heterocycles. The molecule has 0 saturated carbocycles. The minimum atomic E-state index is -5.31. The van der Waals surface area contributed by atoms with Crippen LogP contribution in [0.15, 0.2) is 17.2 Å². The summed E-state index contributed by atoms with van der Waals surface area (Å²) in [5, 5.41) is 0. The molecular weight excluding hydrogens is 315 g/mol. The van der Waals surface area contributed by atoms with E-state index in [1.807, 2.05) is 0 Å². The molecule has 1 aromatic rings. The standard InChI is InChI=1S/C10H10F3N3O4S/c1-5(17)16(9(18)10(11,12)13)8-7(14)3-6(4-15-8)21(2,19)20/h3-4H,14H2,1-2H3. The zero-order valence-electron chi connectivity index (χ0n) is 10.8.